The molecule has 0 aromatic heterocycles. The van der Waals surface area contributed by atoms with Crippen molar-refractivity contribution >= 4 is 52.6 Å². The van der Waals surface area contributed by atoms with Crippen molar-refractivity contribution in [3.63, 3.8) is 0 Å². The average molecular weight is 561 g/mol. The summed E-state index contributed by atoms with van der Waals surface area (Å²) >= 11 is -1.92. The quantitative estimate of drug-likeness (QED) is 0.371. The van der Waals surface area contributed by atoms with E-state index in [-0.39, 0.29) is 0 Å². The van der Waals surface area contributed by atoms with Crippen molar-refractivity contribution in [1.29, 1.82) is 0 Å². The van der Waals surface area contributed by atoms with E-state index < -0.39 is 21.4 Å². The topological polar surface area (TPSA) is 0 Å². The van der Waals surface area contributed by atoms with Crippen molar-refractivity contribution < 1.29 is 13.5 Å². The van der Waals surface area contributed by atoms with Gasteiger partial charge < -0.3 is 0 Å². The first-order valence-electron chi connectivity index (χ1n) is 6.78. The summed E-state index contributed by atoms with van der Waals surface area (Å²) in [5, 5.41) is 4.19. The number of halogens is 3. The molecule has 0 N–H and O–H groups in total. The fourth-order valence-corrected chi connectivity index (χ4v) is 4.48. The third-order valence-corrected chi connectivity index (χ3v) is 5.49. The van der Waals surface area contributed by atoms with E-state index in [1.807, 2.05) is 0 Å². The summed E-state index contributed by atoms with van der Waals surface area (Å²) in [4.78, 5) is 0. The van der Waals surface area contributed by atoms with E-state index in [9.17, 15) is 0 Å². The van der Waals surface area contributed by atoms with Gasteiger partial charge in [0.05, 0.1) is 0 Å². The van der Waals surface area contributed by atoms with Gasteiger partial charge in [0.15, 0.2) is 0 Å². The Labute approximate surface area is 156 Å². The number of benzene rings is 3. The van der Waals surface area contributed by atoms with E-state index in [4.69, 9.17) is 28.8 Å². The summed E-state index contributed by atoms with van der Waals surface area (Å²) < 4.78 is 0. The molecule has 0 amide bonds. The van der Waals surface area contributed by atoms with Crippen LogP contribution in [-0.4, -0.2) is 0 Å². The minimum absolute atomic E-state index is 0.446. The van der Waals surface area contributed by atoms with Gasteiger partial charge in [-0.15, -0.1) is 0 Å². The third kappa shape index (κ3) is 6.55. The predicted octanol–water partition coefficient (Wildman–Crippen LogP) is 5.51. The minimum atomic E-state index is -1.92. The first-order chi connectivity index (χ1) is 11.2. The van der Waals surface area contributed by atoms with Gasteiger partial charge in [0.1, 0.15) is 0 Å². The molecule has 0 unspecified atom stereocenters. The van der Waals surface area contributed by atoms with Crippen LogP contribution in [0.15, 0.2) is 91.0 Å². The maximum Gasteiger partial charge on any atom is -0.0134 e. The molecule has 0 aliphatic carbocycles. The molecule has 3 aromatic rings. The molecular formula is C18H15Cl3IrP. The van der Waals surface area contributed by atoms with Gasteiger partial charge in [0.25, 0.3) is 0 Å². The van der Waals surface area contributed by atoms with Gasteiger partial charge in [-0.3, -0.25) is 0 Å². The molecule has 0 heterocycles. The van der Waals surface area contributed by atoms with Crippen LogP contribution in [0.4, 0.5) is 0 Å². The van der Waals surface area contributed by atoms with E-state index in [0.29, 0.717) is 0 Å². The van der Waals surface area contributed by atoms with Gasteiger partial charge in [-0.1, -0.05) is 91.0 Å². The Balaban J connectivity index is 0.000000433. The Morgan fingerprint density at radius 1 is 0.478 bits per heavy atom. The monoisotopic (exact) mass is 560 g/mol. The minimum Gasteiger partial charge on any atom is -0.0622 e. The Morgan fingerprint density at radius 3 is 0.913 bits per heavy atom. The summed E-state index contributed by atoms with van der Waals surface area (Å²) in [5.41, 5.74) is 0. The zero-order valence-corrected chi connectivity index (χ0v) is 17.6. The molecular weight excluding hydrogens is 546 g/mol. The van der Waals surface area contributed by atoms with E-state index in [1.54, 1.807) is 0 Å². The molecule has 3 aromatic carbocycles. The van der Waals surface area contributed by atoms with E-state index >= 15 is 0 Å². The molecule has 0 aliphatic rings. The molecule has 0 aliphatic heterocycles. The van der Waals surface area contributed by atoms with Gasteiger partial charge in [-0.2, -0.15) is 0 Å². The Hall–Kier alpha value is -0.391. The molecule has 0 atom stereocenters. The van der Waals surface area contributed by atoms with Crippen molar-refractivity contribution in [3.8, 4) is 0 Å². The van der Waals surface area contributed by atoms with Gasteiger partial charge in [-0.25, -0.2) is 0 Å². The zero-order valence-electron chi connectivity index (χ0n) is 12.1. The van der Waals surface area contributed by atoms with Gasteiger partial charge >= 0.3 is 42.2 Å². The van der Waals surface area contributed by atoms with Gasteiger partial charge in [-0.05, 0) is 23.8 Å². The van der Waals surface area contributed by atoms with Crippen molar-refractivity contribution in [2.75, 3.05) is 0 Å². The molecule has 0 nitrogen and oxygen atoms in total. The average Bonchev–Trinajstić information content (AvgIpc) is 2.58. The van der Waals surface area contributed by atoms with Crippen molar-refractivity contribution in [1.82, 2.24) is 0 Å². The van der Waals surface area contributed by atoms with E-state index in [1.165, 1.54) is 15.9 Å². The summed E-state index contributed by atoms with van der Waals surface area (Å²) in [6.07, 6.45) is 0. The van der Waals surface area contributed by atoms with Crippen LogP contribution in [0.5, 0.6) is 0 Å². The normalized spacial score (nSPS) is 10.7. The molecule has 5 heteroatoms. The zero-order chi connectivity index (χ0) is 16.5. The fraction of sp³-hybridized carbons (Fsp3) is 0. The van der Waals surface area contributed by atoms with Crippen LogP contribution >= 0.6 is 36.7 Å². The smallest absolute Gasteiger partial charge is 0.0134 e. The summed E-state index contributed by atoms with van der Waals surface area (Å²) in [5.74, 6) is 0. The van der Waals surface area contributed by atoms with Crippen LogP contribution < -0.4 is 15.9 Å². The van der Waals surface area contributed by atoms with Gasteiger partial charge in [0, 0.05) is 0 Å². The van der Waals surface area contributed by atoms with Crippen molar-refractivity contribution in [2.45, 2.75) is 0 Å². The Morgan fingerprint density at radius 2 is 0.696 bits per heavy atom. The second-order valence-corrected chi connectivity index (χ2v) is 17.1. The first-order valence-corrected chi connectivity index (χ1v) is 17.0. The van der Waals surface area contributed by atoms with Crippen molar-refractivity contribution in [3.05, 3.63) is 91.0 Å². The van der Waals surface area contributed by atoms with Crippen LogP contribution in [0.2, 0.25) is 0 Å². The Kier molecular flexibility index (Phi) is 8.62. The molecule has 0 saturated heterocycles. The number of hydrogen-bond acceptors (Lipinski definition) is 0. The number of rotatable bonds is 3. The summed E-state index contributed by atoms with van der Waals surface area (Å²) in [7, 11) is 14.5. The maximum atomic E-state index is 4.97. The molecule has 0 bridgehead atoms. The third-order valence-electron chi connectivity index (χ3n) is 3.04. The van der Waals surface area contributed by atoms with E-state index in [0.717, 1.165) is 0 Å². The van der Waals surface area contributed by atoms with Crippen LogP contribution in [0, 0.1) is 0 Å². The Bertz CT molecular complexity index is 582. The molecule has 0 saturated carbocycles. The molecule has 23 heavy (non-hydrogen) atoms. The molecule has 122 valence electrons. The standard InChI is InChI=1S/C18H15P.3ClH.Ir/c1-4-10-16(11-5-1)19(17-12-6-2-7-13-17)18-14-8-3-9-15-18;;;;/h1-15H;3*1H;/q;;;;+3/p-3. The first kappa shape index (κ1) is 18.9. The fourth-order valence-electron chi connectivity index (χ4n) is 2.18. The van der Waals surface area contributed by atoms with Crippen LogP contribution in [-0.2, 0) is 13.5 Å². The molecule has 0 spiro atoms. The SMILES string of the molecule is [Cl][Ir]([Cl])[Cl].c1ccc(P(c2ccccc2)c2ccccc2)cc1. The van der Waals surface area contributed by atoms with Crippen LogP contribution in [0.3, 0.4) is 0 Å². The van der Waals surface area contributed by atoms with Crippen LogP contribution in [0.1, 0.15) is 0 Å². The summed E-state index contributed by atoms with van der Waals surface area (Å²) in [6.45, 7) is 0. The van der Waals surface area contributed by atoms with Crippen molar-refractivity contribution in [2.24, 2.45) is 0 Å². The second-order valence-electron chi connectivity index (χ2n) is 4.48. The predicted molar refractivity (Wildman–Crippen MR) is 103 cm³/mol. The molecule has 3 rings (SSSR count). The van der Waals surface area contributed by atoms with Gasteiger partial charge in [0.2, 0.25) is 0 Å². The molecule has 0 fully saturated rings. The van der Waals surface area contributed by atoms with Crippen LogP contribution in [0.25, 0.3) is 0 Å². The van der Waals surface area contributed by atoms with E-state index in [2.05, 4.69) is 91.0 Å². The molecule has 0 radical (unpaired) electrons. The largest absolute Gasteiger partial charge is 0.0622 e. The number of hydrogen-bond donors (Lipinski definition) is 0. The maximum absolute atomic E-state index is 4.97. The summed E-state index contributed by atoms with van der Waals surface area (Å²) in [6, 6.07) is 32.3. The second kappa shape index (κ2) is 10.5.